The lowest BCUT2D eigenvalue weighted by Gasteiger charge is -2.35. The lowest BCUT2D eigenvalue weighted by atomic mass is 10.1. The quantitative estimate of drug-likeness (QED) is 0.431. The normalized spacial score (nSPS) is 13.7. The molecule has 0 atom stereocenters. The maximum atomic E-state index is 11.7. The summed E-state index contributed by atoms with van der Waals surface area (Å²) in [5.74, 6) is 0.541. The highest BCUT2D eigenvalue weighted by molar-refractivity contribution is 5.78. The van der Waals surface area contributed by atoms with Gasteiger partial charge in [0, 0.05) is 80.7 Å². The minimum atomic E-state index is -0.427. The molecule has 9 nitrogen and oxygen atoms in total. The summed E-state index contributed by atoms with van der Waals surface area (Å²) >= 11 is 0. The van der Waals surface area contributed by atoms with Gasteiger partial charge in [0.05, 0.1) is 5.69 Å². The molecule has 184 valence electrons. The van der Waals surface area contributed by atoms with Crippen LogP contribution < -0.4 is 4.90 Å². The molecule has 5 rings (SSSR count). The standard InChI is InChI=1S/C27H29N7O2/c1-2-34-18-23(27(31-34)21-4-3-10-28-17-21)24-9-11-29-25(30-24)16-20-5-7-22(8-6-20)32-12-14-33(15-13-32)26(36)19-35/h3-11,17-18,35H,2,12-16,19H2,1H3. The van der Waals surface area contributed by atoms with Crippen molar-refractivity contribution in [2.45, 2.75) is 19.9 Å². The van der Waals surface area contributed by atoms with E-state index >= 15 is 0 Å². The van der Waals surface area contributed by atoms with E-state index < -0.39 is 6.61 Å². The smallest absolute Gasteiger partial charge is 0.248 e. The Morgan fingerprint density at radius 1 is 1.03 bits per heavy atom. The van der Waals surface area contributed by atoms with Gasteiger partial charge in [-0.2, -0.15) is 5.10 Å². The van der Waals surface area contributed by atoms with E-state index in [1.165, 1.54) is 0 Å². The van der Waals surface area contributed by atoms with Crippen LogP contribution in [-0.2, 0) is 17.8 Å². The summed E-state index contributed by atoms with van der Waals surface area (Å²) in [6.07, 6.45) is 8.02. The Kier molecular flexibility index (Phi) is 6.99. The van der Waals surface area contributed by atoms with E-state index in [1.54, 1.807) is 17.3 Å². The number of pyridine rings is 1. The Morgan fingerprint density at radius 2 is 1.83 bits per heavy atom. The van der Waals surface area contributed by atoms with Crippen molar-refractivity contribution in [2.24, 2.45) is 0 Å². The minimum Gasteiger partial charge on any atom is -0.387 e. The summed E-state index contributed by atoms with van der Waals surface area (Å²) in [4.78, 5) is 29.3. The van der Waals surface area contributed by atoms with Crippen LogP contribution >= 0.6 is 0 Å². The van der Waals surface area contributed by atoms with Gasteiger partial charge in [-0.15, -0.1) is 0 Å². The Morgan fingerprint density at radius 3 is 2.53 bits per heavy atom. The van der Waals surface area contributed by atoms with Crippen LogP contribution in [0.2, 0.25) is 0 Å². The number of carbonyl (C=O) groups is 1. The molecule has 1 aromatic carbocycles. The first-order chi connectivity index (χ1) is 17.6. The van der Waals surface area contributed by atoms with Crippen LogP contribution in [0.25, 0.3) is 22.5 Å². The summed E-state index contributed by atoms with van der Waals surface area (Å²) in [7, 11) is 0. The zero-order valence-corrected chi connectivity index (χ0v) is 20.3. The van der Waals surface area contributed by atoms with Gasteiger partial charge in [0.15, 0.2) is 0 Å². The second-order valence-corrected chi connectivity index (χ2v) is 8.72. The molecule has 1 fully saturated rings. The molecule has 1 aliphatic heterocycles. The van der Waals surface area contributed by atoms with Crippen LogP contribution in [0.1, 0.15) is 18.3 Å². The molecule has 4 aromatic rings. The third kappa shape index (κ3) is 5.11. The molecule has 3 aromatic heterocycles. The molecule has 0 saturated carbocycles. The highest BCUT2D eigenvalue weighted by atomic mass is 16.3. The third-order valence-electron chi connectivity index (χ3n) is 6.43. The average molecular weight is 484 g/mol. The molecule has 1 saturated heterocycles. The summed E-state index contributed by atoms with van der Waals surface area (Å²) in [6, 6.07) is 14.3. The maximum Gasteiger partial charge on any atom is 0.248 e. The van der Waals surface area contributed by atoms with Gasteiger partial charge in [-0.05, 0) is 42.8 Å². The third-order valence-corrected chi connectivity index (χ3v) is 6.43. The first-order valence-electron chi connectivity index (χ1n) is 12.2. The van der Waals surface area contributed by atoms with Crippen molar-refractivity contribution in [3.63, 3.8) is 0 Å². The second-order valence-electron chi connectivity index (χ2n) is 8.72. The molecular weight excluding hydrogens is 454 g/mol. The van der Waals surface area contributed by atoms with E-state index in [4.69, 9.17) is 15.2 Å². The monoisotopic (exact) mass is 483 g/mol. The van der Waals surface area contributed by atoms with E-state index in [0.29, 0.717) is 19.5 Å². The van der Waals surface area contributed by atoms with Gasteiger partial charge in [-0.1, -0.05) is 12.1 Å². The SMILES string of the molecule is CCn1cc(-c2ccnc(Cc3ccc(N4CCN(C(=O)CO)CC4)cc3)n2)c(-c2cccnc2)n1. The number of amides is 1. The fourth-order valence-electron chi connectivity index (χ4n) is 4.44. The van der Waals surface area contributed by atoms with E-state index in [1.807, 2.05) is 35.3 Å². The summed E-state index contributed by atoms with van der Waals surface area (Å²) in [5, 5.41) is 13.8. The van der Waals surface area contributed by atoms with Crippen LogP contribution in [0, 0.1) is 0 Å². The Hall–Kier alpha value is -4.11. The van der Waals surface area contributed by atoms with Gasteiger partial charge in [-0.25, -0.2) is 9.97 Å². The van der Waals surface area contributed by atoms with E-state index in [9.17, 15) is 4.79 Å². The molecule has 1 aliphatic rings. The summed E-state index contributed by atoms with van der Waals surface area (Å²) < 4.78 is 1.91. The van der Waals surface area contributed by atoms with Gasteiger partial charge in [0.25, 0.3) is 0 Å². The minimum absolute atomic E-state index is 0.207. The van der Waals surface area contributed by atoms with E-state index in [2.05, 4.69) is 46.1 Å². The highest BCUT2D eigenvalue weighted by Gasteiger charge is 2.20. The fraction of sp³-hybridized carbons (Fsp3) is 0.296. The van der Waals surface area contributed by atoms with Gasteiger partial charge in [0.2, 0.25) is 5.91 Å². The van der Waals surface area contributed by atoms with Crippen LogP contribution in [-0.4, -0.2) is 73.4 Å². The molecule has 0 bridgehead atoms. The van der Waals surface area contributed by atoms with Crippen molar-refractivity contribution in [1.82, 2.24) is 29.6 Å². The predicted octanol–water partition coefficient (Wildman–Crippen LogP) is 2.65. The van der Waals surface area contributed by atoms with Gasteiger partial charge in [0.1, 0.15) is 18.1 Å². The van der Waals surface area contributed by atoms with Crippen LogP contribution in [0.4, 0.5) is 5.69 Å². The molecule has 9 heteroatoms. The number of hydrogen-bond donors (Lipinski definition) is 1. The maximum absolute atomic E-state index is 11.7. The number of aliphatic hydroxyl groups is 1. The number of piperazine rings is 1. The first-order valence-corrected chi connectivity index (χ1v) is 12.2. The van der Waals surface area contributed by atoms with Crippen molar-refractivity contribution in [1.29, 1.82) is 0 Å². The van der Waals surface area contributed by atoms with Crippen molar-refractivity contribution in [3.8, 4) is 22.5 Å². The van der Waals surface area contributed by atoms with E-state index in [0.717, 1.165) is 59.2 Å². The summed E-state index contributed by atoms with van der Waals surface area (Å²) in [6.45, 7) is 5.15. The number of anilines is 1. The zero-order chi connectivity index (χ0) is 24.9. The van der Waals surface area contributed by atoms with Crippen molar-refractivity contribution < 1.29 is 9.90 Å². The van der Waals surface area contributed by atoms with Gasteiger partial charge < -0.3 is 14.9 Å². The summed E-state index contributed by atoms with van der Waals surface area (Å²) in [5.41, 5.74) is 5.87. The number of nitrogens with zero attached hydrogens (tertiary/aromatic N) is 7. The lowest BCUT2D eigenvalue weighted by Crippen LogP contribution is -2.49. The largest absolute Gasteiger partial charge is 0.387 e. The Labute approximate surface area is 210 Å². The van der Waals surface area contributed by atoms with Gasteiger partial charge in [-0.3, -0.25) is 14.5 Å². The molecule has 0 radical (unpaired) electrons. The fourth-order valence-corrected chi connectivity index (χ4v) is 4.44. The van der Waals surface area contributed by atoms with Crippen LogP contribution in [0.5, 0.6) is 0 Å². The van der Waals surface area contributed by atoms with E-state index in [-0.39, 0.29) is 5.91 Å². The number of aliphatic hydroxyl groups excluding tert-OH is 1. The molecule has 0 spiro atoms. The number of carbonyl (C=O) groups excluding carboxylic acids is 1. The number of aromatic nitrogens is 5. The van der Waals surface area contributed by atoms with Crippen LogP contribution in [0.15, 0.2) is 67.3 Å². The number of benzene rings is 1. The number of rotatable bonds is 7. The molecule has 1 N–H and O–H groups in total. The zero-order valence-electron chi connectivity index (χ0n) is 20.3. The number of hydrogen-bond acceptors (Lipinski definition) is 7. The van der Waals surface area contributed by atoms with Crippen LogP contribution in [0.3, 0.4) is 0 Å². The van der Waals surface area contributed by atoms with Crippen molar-refractivity contribution >= 4 is 11.6 Å². The molecule has 36 heavy (non-hydrogen) atoms. The second kappa shape index (κ2) is 10.7. The Balaban J connectivity index is 1.31. The molecule has 4 heterocycles. The molecule has 0 aliphatic carbocycles. The Bertz CT molecular complexity index is 1310. The first kappa shape index (κ1) is 23.6. The number of aryl methyl sites for hydroxylation is 1. The molecular formula is C27H29N7O2. The van der Waals surface area contributed by atoms with Gasteiger partial charge >= 0.3 is 0 Å². The molecule has 1 amide bonds. The van der Waals surface area contributed by atoms with Crippen molar-refractivity contribution in [2.75, 3.05) is 37.7 Å². The average Bonchev–Trinajstić information content (AvgIpc) is 3.39. The topological polar surface area (TPSA) is 100 Å². The van der Waals surface area contributed by atoms with Crippen molar-refractivity contribution in [3.05, 3.63) is 78.6 Å². The molecule has 0 unspecified atom stereocenters. The lowest BCUT2D eigenvalue weighted by molar-refractivity contribution is -0.134. The highest BCUT2D eigenvalue weighted by Crippen LogP contribution is 2.29. The predicted molar refractivity (Wildman–Crippen MR) is 137 cm³/mol.